The minimum atomic E-state index is -4.61. The molecule has 0 heterocycles. The van der Waals surface area contributed by atoms with Crippen molar-refractivity contribution in [2.75, 3.05) is 40.9 Å². The van der Waals surface area contributed by atoms with E-state index in [1.165, 1.54) is 257 Å². The molecule has 0 aliphatic rings. The van der Waals surface area contributed by atoms with Gasteiger partial charge < -0.3 is 28.8 Å². The summed E-state index contributed by atoms with van der Waals surface area (Å²) in [5.41, 5.74) is 0. The zero-order valence-electron chi connectivity index (χ0n) is 49.4. The van der Waals surface area contributed by atoms with Crippen LogP contribution in [0, 0.1) is 0 Å². The smallest absolute Gasteiger partial charge is 0.268 e. The predicted octanol–water partition coefficient (Wildman–Crippen LogP) is 19.1. The van der Waals surface area contributed by atoms with E-state index >= 15 is 0 Å². The second kappa shape index (κ2) is 55.5. The van der Waals surface area contributed by atoms with E-state index in [4.69, 9.17) is 9.05 Å². The van der Waals surface area contributed by atoms with Crippen LogP contribution >= 0.6 is 7.82 Å². The average molecular weight is 1050 g/mol. The van der Waals surface area contributed by atoms with Gasteiger partial charge in [0.05, 0.1) is 39.9 Å². The number of phosphoric acid groups is 1. The third-order valence-electron chi connectivity index (χ3n) is 14.6. The second-order valence-corrected chi connectivity index (χ2v) is 24.5. The van der Waals surface area contributed by atoms with Crippen LogP contribution in [-0.4, -0.2) is 68.5 Å². The molecule has 0 bridgehead atoms. The maximum atomic E-state index is 13.0. The molecule has 0 fully saturated rings. The van der Waals surface area contributed by atoms with E-state index in [0.29, 0.717) is 17.4 Å². The summed E-state index contributed by atoms with van der Waals surface area (Å²) in [4.78, 5) is 25.6. The highest BCUT2D eigenvalue weighted by atomic mass is 31.2. The van der Waals surface area contributed by atoms with Gasteiger partial charge in [-0.25, -0.2) is 0 Å². The first-order chi connectivity index (χ1) is 35.5. The van der Waals surface area contributed by atoms with Crippen LogP contribution in [0.5, 0.6) is 0 Å². The number of quaternary nitrogens is 1. The zero-order chi connectivity index (χ0) is 53.5. The molecule has 1 amide bonds. The van der Waals surface area contributed by atoms with Crippen molar-refractivity contribution in [2.45, 2.75) is 328 Å². The first-order valence-corrected chi connectivity index (χ1v) is 33.3. The summed E-state index contributed by atoms with van der Waals surface area (Å²) < 4.78 is 23.4. The number of aliphatic hydroxyl groups is 1. The molecule has 0 aromatic rings. The Morgan fingerprint density at radius 3 is 1.11 bits per heavy atom. The lowest BCUT2D eigenvalue weighted by atomic mass is 10.0. The van der Waals surface area contributed by atoms with Crippen molar-refractivity contribution in [3.8, 4) is 0 Å². The van der Waals surface area contributed by atoms with Crippen molar-refractivity contribution in [2.24, 2.45) is 0 Å². The van der Waals surface area contributed by atoms with Gasteiger partial charge in [0.1, 0.15) is 13.2 Å². The molecule has 0 spiro atoms. The van der Waals surface area contributed by atoms with Crippen LogP contribution in [0.4, 0.5) is 0 Å². The van der Waals surface area contributed by atoms with E-state index in [1.54, 1.807) is 6.08 Å². The normalized spacial score (nSPS) is 14.0. The lowest BCUT2D eigenvalue weighted by Crippen LogP contribution is -2.45. The lowest BCUT2D eigenvalue weighted by molar-refractivity contribution is -0.870. The Kier molecular flexibility index (Phi) is 54.5. The lowest BCUT2D eigenvalue weighted by Gasteiger charge is -2.29. The molecule has 0 saturated heterocycles. The third-order valence-corrected chi connectivity index (χ3v) is 15.5. The van der Waals surface area contributed by atoms with Gasteiger partial charge in [-0.3, -0.25) is 9.36 Å². The minimum Gasteiger partial charge on any atom is -0.756 e. The Morgan fingerprint density at radius 1 is 0.466 bits per heavy atom. The van der Waals surface area contributed by atoms with Crippen LogP contribution in [-0.2, 0) is 18.4 Å². The first kappa shape index (κ1) is 71.7. The summed E-state index contributed by atoms with van der Waals surface area (Å²) in [5, 5.41) is 13.9. The van der Waals surface area contributed by atoms with Crippen LogP contribution in [0.2, 0.25) is 0 Å². The van der Waals surface area contributed by atoms with Gasteiger partial charge >= 0.3 is 0 Å². The van der Waals surface area contributed by atoms with E-state index in [2.05, 4.69) is 43.5 Å². The molecule has 0 aliphatic carbocycles. The number of phosphoric ester groups is 1. The zero-order valence-corrected chi connectivity index (χ0v) is 50.3. The predicted molar refractivity (Wildman–Crippen MR) is 316 cm³/mol. The molecule has 0 radical (unpaired) electrons. The second-order valence-electron chi connectivity index (χ2n) is 23.1. The third kappa shape index (κ3) is 58.2. The Balaban J connectivity index is 4.14. The van der Waals surface area contributed by atoms with Gasteiger partial charge in [0.25, 0.3) is 7.82 Å². The number of aliphatic hydroxyl groups excluding tert-OH is 1. The van der Waals surface area contributed by atoms with Crippen molar-refractivity contribution in [1.29, 1.82) is 0 Å². The Hall–Kier alpha value is -1.28. The maximum absolute atomic E-state index is 13.0. The standard InChI is InChI=1S/C64H125N2O6P/c1-6-8-10-12-14-16-18-20-22-24-26-28-30-31-32-33-34-35-36-38-40-42-44-46-48-50-52-54-56-58-64(68)65-62(61-72-73(69,70)71-60-59-66(3,4)5)63(67)57-55-53-51-49-47-45-43-41-39-37-29-27-25-23-21-19-17-15-13-11-9-7-2/h31-32,47,49,55,57,62-63,67H,6-30,33-46,48,50-54,56,58-61H2,1-5H3,(H-,65,68,69,70)/b32-31-,49-47+,57-55+. The van der Waals surface area contributed by atoms with Crippen molar-refractivity contribution in [3.05, 3.63) is 36.5 Å². The number of nitrogens with one attached hydrogen (secondary N) is 1. The van der Waals surface area contributed by atoms with E-state index in [9.17, 15) is 19.4 Å². The molecule has 8 nitrogen and oxygen atoms in total. The van der Waals surface area contributed by atoms with Crippen LogP contribution in [0.1, 0.15) is 316 Å². The first-order valence-electron chi connectivity index (χ1n) is 31.9. The van der Waals surface area contributed by atoms with E-state index < -0.39 is 26.6 Å². The highest BCUT2D eigenvalue weighted by molar-refractivity contribution is 7.45. The van der Waals surface area contributed by atoms with Gasteiger partial charge in [-0.1, -0.05) is 288 Å². The fourth-order valence-corrected chi connectivity index (χ4v) is 10.3. The largest absolute Gasteiger partial charge is 0.756 e. The Bertz CT molecular complexity index is 1280. The summed E-state index contributed by atoms with van der Waals surface area (Å²) in [7, 11) is 1.25. The molecular weight excluding hydrogens is 924 g/mol. The number of carbonyl (C=O) groups is 1. The highest BCUT2D eigenvalue weighted by Crippen LogP contribution is 2.38. The van der Waals surface area contributed by atoms with Gasteiger partial charge in [-0.05, 0) is 57.8 Å². The van der Waals surface area contributed by atoms with Gasteiger partial charge in [0.2, 0.25) is 5.91 Å². The summed E-state index contributed by atoms with van der Waals surface area (Å²) in [6.07, 6.45) is 72.5. The molecule has 0 saturated carbocycles. The van der Waals surface area contributed by atoms with E-state index in [1.807, 2.05) is 27.2 Å². The molecule has 0 aromatic carbocycles. The van der Waals surface area contributed by atoms with Crippen molar-refractivity contribution >= 4 is 13.7 Å². The van der Waals surface area contributed by atoms with Crippen LogP contribution in [0.25, 0.3) is 0 Å². The van der Waals surface area contributed by atoms with Crippen LogP contribution in [0.15, 0.2) is 36.5 Å². The monoisotopic (exact) mass is 1050 g/mol. The summed E-state index contributed by atoms with van der Waals surface area (Å²) in [6.45, 7) is 4.68. The average Bonchev–Trinajstić information content (AvgIpc) is 3.35. The topological polar surface area (TPSA) is 108 Å². The molecule has 0 rings (SSSR count). The van der Waals surface area contributed by atoms with E-state index in [0.717, 1.165) is 38.5 Å². The number of hydrogen-bond acceptors (Lipinski definition) is 6. The van der Waals surface area contributed by atoms with Gasteiger partial charge in [0.15, 0.2) is 0 Å². The van der Waals surface area contributed by atoms with Crippen molar-refractivity contribution in [3.63, 3.8) is 0 Å². The Morgan fingerprint density at radius 2 is 0.767 bits per heavy atom. The van der Waals surface area contributed by atoms with Crippen LogP contribution < -0.4 is 10.2 Å². The van der Waals surface area contributed by atoms with Crippen molar-refractivity contribution < 1.29 is 32.9 Å². The van der Waals surface area contributed by atoms with Gasteiger partial charge in [-0.2, -0.15) is 0 Å². The molecule has 73 heavy (non-hydrogen) atoms. The molecule has 0 aromatic heterocycles. The molecular formula is C64H125N2O6P. The summed E-state index contributed by atoms with van der Waals surface area (Å²) in [6, 6.07) is -0.903. The molecule has 2 N–H and O–H groups in total. The molecule has 0 aliphatic heterocycles. The quantitative estimate of drug-likeness (QED) is 0.0272. The summed E-state index contributed by atoms with van der Waals surface area (Å²) in [5.74, 6) is -0.203. The fourth-order valence-electron chi connectivity index (χ4n) is 9.58. The fraction of sp³-hybridized carbons (Fsp3) is 0.891. The number of carbonyl (C=O) groups excluding carboxylic acids is 1. The minimum absolute atomic E-state index is 0.00522. The number of allylic oxidation sites excluding steroid dienone is 5. The SMILES string of the molecule is CCCCCCCCCCCCCC/C=C\CCCCCCCCCCCCCCCC(=O)NC(COP(=O)([O-])OCC[N+](C)(C)C)C(O)/C=C/CC/C=C/CCCCCCCCCCCCCCCCCC. The number of unbranched alkanes of at least 4 members (excludes halogenated alkanes) is 42. The van der Waals surface area contributed by atoms with Crippen molar-refractivity contribution in [1.82, 2.24) is 5.32 Å². The maximum Gasteiger partial charge on any atom is 0.268 e. The molecule has 3 atom stereocenters. The number of amides is 1. The summed E-state index contributed by atoms with van der Waals surface area (Å²) >= 11 is 0. The van der Waals surface area contributed by atoms with Gasteiger partial charge in [0, 0.05) is 6.42 Å². The highest BCUT2D eigenvalue weighted by Gasteiger charge is 2.23. The van der Waals surface area contributed by atoms with Crippen LogP contribution in [0.3, 0.4) is 0 Å². The molecule has 432 valence electrons. The number of hydrogen-bond donors (Lipinski definition) is 2. The number of likely N-dealkylation sites (N-methyl/N-ethyl adjacent to an activating group) is 1. The molecule has 3 unspecified atom stereocenters. The van der Waals surface area contributed by atoms with Gasteiger partial charge in [-0.15, -0.1) is 0 Å². The van der Waals surface area contributed by atoms with E-state index in [-0.39, 0.29) is 12.5 Å². The number of rotatable bonds is 59. The Labute approximate surface area is 455 Å². The molecule has 9 heteroatoms. The number of nitrogens with zero attached hydrogens (tertiary/aromatic N) is 1.